The molecule has 1 aromatic carbocycles. The highest BCUT2D eigenvalue weighted by Gasteiger charge is 2.90. The number of likely N-dealkylation sites (N-methyl/N-ethyl adjacent to an activating group) is 1. The molecule has 2 heterocycles. The molecule has 5 unspecified atom stereocenters. The number of fused-ring (bicyclic) bond motifs is 1. The molecule has 3 fully saturated rings. The molecule has 2 saturated carbocycles. The Labute approximate surface area is 164 Å². The average Bonchev–Trinajstić information content (AvgIpc) is 3.00. The monoisotopic (exact) mass is 379 g/mol. The molecular formula is C23H25NO4. The van der Waals surface area contributed by atoms with Crippen molar-refractivity contribution < 1.29 is 19.0 Å². The van der Waals surface area contributed by atoms with Crippen LogP contribution in [0.3, 0.4) is 0 Å². The number of Topliss-reactive ketones (excluding diaryl/α,β-unsaturated/α-hetero) is 1. The first-order valence-corrected chi connectivity index (χ1v) is 10.3. The number of hydrogen-bond donors (Lipinski definition) is 0. The molecule has 2 aliphatic heterocycles. The van der Waals surface area contributed by atoms with Gasteiger partial charge < -0.3 is 14.2 Å². The molecule has 5 aliphatic carbocycles. The van der Waals surface area contributed by atoms with E-state index in [-0.39, 0.29) is 34.2 Å². The molecule has 8 rings (SSSR count). The molecule has 7 aliphatic rings. The van der Waals surface area contributed by atoms with Crippen molar-refractivity contribution in [1.29, 1.82) is 0 Å². The predicted molar refractivity (Wildman–Crippen MR) is 102 cm³/mol. The van der Waals surface area contributed by atoms with Gasteiger partial charge in [-0.2, -0.15) is 0 Å². The van der Waals surface area contributed by atoms with Gasteiger partial charge in [0.05, 0.1) is 18.4 Å². The fourth-order valence-electron chi connectivity index (χ4n) is 8.62. The molecular weight excluding hydrogens is 354 g/mol. The molecule has 8 atom stereocenters. The standard InChI is InChI=1S/C23H25NO4/c1-12(25)14-10-20-7-8-23(14,27-4)19-22(20)11-21(18(20)24(21)2)9-13-5-6-15(26-3)17(28-19)16(13)22/h5-8,14,18-19H,9-11H2,1-4H3/t14?,18?,19?,20?,21-,22+,23?,24-/m1/s1. The number of benzene rings is 1. The van der Waals surface area contributed by atoms with Gasteiger partial charge in [0.2, 0.25) is 0 Å². The Morgan fingerprint density at radius 1 is 1.29 bits per heavy atom. The number of carbonyl (C=O) groups excluding carboxylic acids is 1. The Kier molecular flexibility index (Phi) is 2.40. The lowest BCUT2D eigenvalue weighted by Gasteiger charge is -2.63. The van der Waals surface area contributed by atoms with Crippen molar-refractivity contribution in [2.45, 2.75) is 54.9 Å². The third-order valence-corrected chi connectivity index (χ3v) is 9.47. The number of carbonyl (C=O) groups is 1. The Balaban J connectivity index is 1.60. The zero-order valence-corrected chi connectivity index (χ0v) is 16.7. The van der Waals surface area contributed by atoms with Gasteiger partial charge in [-0.3, -0.25) is 9.69 Å². The molecule has 28 heavy (non-hydrogen) atoms. The molecule has 5 heteroatoms. The van der Waals surface area contributed by atoms with Crippen LogP contribution >= 0.6 is 0 Å². The van der Waals surface area contributed by atoms with Crippen LogP contribution in [0.4, 0.5) is 0 Å². The summed E-state index contributed by atoms with van der Waals surface area (Å²) in [7, 11) is 5.70. The van der Waals surface area contributed by atoms with Gasteiger partial charge in [0.1, 0.15) is 17.5 Å². The second-order valence-electron chi connectivity index (χ2n) is 9.87. The van der Waals surface area contributed by atoms with Crippen molar-refractivity contribution in [3.8, 4) is 11.5 Å². The number of ether oxygens (including phenoxy) is 3. The predicted octanol–water partition coefficient (Wildman–Crippen LogP) is 2.26. The molecule has 1 aromatic rings. The topological polar surface area (TPSA) is 47.8 Å². The summed E-state index contributed by atoms with van der Waals surface area (Å²) in [5.41, 5.74) is 2.01. The Hall–Kier alpha value is -1.85. The molecule has 0 amide bonds. The second kappa shape index (κ2) is 4.19. The quantitative estimate of drug-likeness (QED) is 0.596. The minimum absolute atomic E-state index is 0.0775. The van der Waals surface area contributed by atoms with E-state index < -0.39 is 5.60 Å². The van der Waals surface area contributed by atoms with E-state index in [0.29, 0.717) is 6.04 Å². The minimum Gasteiger partial charge on any atom is -0.493 e. The third-order valence-electron chi connectivity index (χ3n) is 9.47. The van der Waals surface area contributed by atoms with Crippen molar-refractivity contribution in [3.63, 3.8) is 0 Å². The highest BCUT2D eigenvalue weighted by atomic mass is 16.6. The van der Waals surface area contributed by atoms with Gasteiger partial charge in [-0.25, -0.2) is 0 Å². The zero-order chi connectivity index (χ0) is 19.3. The number of likely N-dealkylation sites (tertiary alicyclic amines) is 1. The van der Waals surface area contributed by atoms with E-state index in [2.05, 4.69) is 30.2 Å². The van der Waals surface area contributed by atoms with Crippen molar-refractivity contribution in [1.82, 2.24) is 4.90 Å². The van der Waals surface area contributed by atoms with Crippen LogP contribution in [0.15, 0.2) is 24.3 Å². The van der Waals surface area contributed by atoms with Crippen LogP contribution in [-0.2, 0) is 21.4 Å². The first kappa shape index (κ1) is 16.0. The summed E-state index contributed by atoms with van der Waals surface area (Å²) in [6, 6.07) is 4.75. The second-order valence-corrected chi connectivity index (χ2v) is 9.87. The Morgan fingerprint density at radius 3 is 2.82 bits per heavy atom. The molecule has 3 spiro atoms. The first-order valence-electron chi connectivity index (χ1n) is 10.3. The summed E-state index contributed by atoms with van der Waals surface area (Å²) in [5.74, 6) is 1.72. The summed E-state index contributed by atoms with van der Waals surface area (Å²) in [6.07, 6.45) is 7.39. The highest BCUT2D eigenvalue weighted by molar-refractivity contribution is 5.83. The number of ketones is 1. The van der Waals surface area contributed by atoms with Crippen LogP contribution in [-0.4, -0.2) is 55.2 Å². The molecule has 0 radical (unpaired) electrons. The fourth-order valence-corrected chi connectivity index (χ4v) is 8.62. The first-order chi connectivity index (χ1) is 13.4. The smallest absolute Gasteiger partial charge is 0.166 e. The lowest BCUT2D eigenvalue weighted by molar-refractivity contribution is -0.186. The highest BCUT2D eigenvalue weighted by Crippen LogP contribution is 2.83. The van der Waals surface area contributed by atoms with Gasteiger partial charge in [-0.05, 0) is 44.9 Å². The Morgan fingerprint density at radius 2 is 2.11 bits per heavy atom. The molecule has 1 saturated heterocycles. The molecule has 5 nitrogen and oxygen atoms in total. The van der Waals surface area contributed by atoms with Crippen molar-refractivity contribution in [3.05, 3.63) is 35.4 Å². The van der Waals surface area contributed by atoms with Gasteiger partial charge in [-0.15, -0.1) is 0 Å². The van der Waals surface area contributed by atoms with Gasteiger partial charge in [0.15, 0.2) is 11.5 Å². The van der Waals surface area contributed by atoms with Crippen LogP contribution in [0.1, 0.15) is 30.9 Å². The molecule has 0 aromatic heterocycles. The van der Waals surface area contributed by atoms with Gasteiger partial charge >= 0.3 is 0 Å². The largest absolute Gasteiger partial charge is 0.493 e. The lowest BCUT2D eigenvalue weighted by Crippen LogP contribution is -2.73. The van der Waals surface area contributed by atoms with E-state index in [1.165, 1.54) is 11.1 Å². The van der Waals surface area contributed by atoms with Crippen LogP contribution in [0.25, 0.3) is 0 Å². The van der Waals surface area contributed by atoms with Crippen LogP contribution < -0.4 is 9.47 Å². The maximum atomic E-state index is 12.8. The van der Waals surface area contributed by atoms with E-state index in [1.807, 2.05) is 6.07 Å². The zero-order valence-electron chi connectivity index (χ0n) is 16.7. The summed E-state index contributed by atoms with van der Waals surface area (Å²) < 4.78 is 18.7. The van der Waals surface area contributed by atoms with E-state index in [1.54, 1.807) is 21.1 Å². The summed E-state index contributed by atoms with van der Waals surface area (Å²) in [5, 5.41) is 0. The van der Waals surface area contributed by atoms with Crippen molar-refractivity contribution in [2.24, 2.45) is 11.3 Å². The maximum absolute atomic E-state index is 12.8. The summed E-state index contributed by atoms with van der Waals surface area (Å²) in [4.78, 5) is 15.4. The molecule has 0 N–H and O–H groups in total. The number of rotatable bonds is 3. The maximum Gasteiger partial charge on any atom is 0.166 e. The molecule has 4 bridgehead atoms. The van der Waals surface area contributed by atoms with Crippen molar-refractivity contribution in [2.75, 3.05) is 21.3 Å². The van der Waals surface area contributed by atoms with Crippen LogP contribution in [0.2, 0.25) is 0 Å². The number of methoxy groups -OCH3 is 2. The fraction of sp³-hybridized carbons (Fsp3) is 0.609. The Bertz CT molecular complexity index is 1020. The SMILES string of the molecule is COc1ccc2c3c1OC1C4(OC)C=CC5(CC4C(C)=O)C4[N@@](C)[C@]4(C2)C[C@]315. The van der Waals surface area contributed by atoms with Gasteiger partial charge in [0.25, 0.3) is 0 Å². The minimum atomic E-state index is -0.706. The summed E-state index contributed by atoms with van der Waals surface area (Å²) >= 11 is 0. The average molecular weight is 379 g/mol. The van der Waals surface area contributed by atoms with Crippen molar-refractivity contribution >= 4 is 5.78 Å². The lowest BCUT2D eigenvalue weighted by atomic mass is 9.43. The number of nitrogens with zero attached hydrogens (tertiary/aromatic N) is 1. The number of hydrogen-bond acceptors (Lipinski definition) is 5. The van der Waals surface area contributed by atoms with E-state index >= 15 is 0 Å². The van der Waals surface area contributed by atoms with Crippen LogP contribution in [0, 0.1) is 11.3 Å². The number of piperidine rings is 1. The normalized spacial score (nSPS) is 52.1. The third kappa shape index (κ3) is 1.19. The van der Waals surface area contributed by atoms with E-state index in [0.717, 1.165) is 30.8 Å². The van der Waals surface area contributed by atoms with Crippen LogP contribution in [0.5, 0.6) is 11.5 Å². The van der Waals surface area contributed by atoms with Gasteiger partial charge in [0, 0.05) is 29.7 Å². The van der Waals surface area contributed by atoms with E-state index in [9.17, 15) is 4.79 Å². The molecule has 146 valence electrons. The summed E-state index contributed by atoms with van der Waals surface area (Å²) in [6.45, 7) is 1.71. The van der Waals surface area contributed by atoms with E-state index in [4.69, 9.17) is 14.2 Å². The van der Waals surface area contributed by atoms with Gasteiger partial charge in [-0.1, -0.05) is 18.2 Å².